The van der Waals surface area contributed by atoms with E-state index in [2.05, 4.69) is 17.2 Å². The first kappa shape index (κ1) is 18.9. The molecule has 1 amide bonds. The minimum atomic E-state index is -4.39. The zero-order chi connectivity index (χ0) is 17.7. The predicted molar refractivity (Wildman–Crippen MR) is 81.9 cm³/mol. The van der Waals surface area contributed by atoms with Crippen LogP contribution in [0.3, 0.4) is 0 Å². The molecule has 0 radical (unpaired) electrons. The molecule has 0 aliphatic carbocycles. The van der Waals surface area contributed by atoms with Gasteiger partial charge in [-0.2, -0.15) is 13.2 Å². The molecule has 0 saturated heterocycles. The normalized spacial score (nSPS) is 11.4. The van der Waals surface area contributed by atoms with E-state index in [9.17, 15) is 18.0 Å². The summed E-state index contributed by atoms with van der Waals surface area (Å²) >= 11 is 0. The third kappa shape index (κ3) is 6.64. The molecule has 126 valence electrons. The van der Waals surface area contributed by atoms with E-state index in [0.717, 1.165) is 6.07 Å². The number of alkyl carbamates (subject to hydrolysis) is 1. The van der Waals surface area contributed by atoms with Crippen LogP contribution in [0, 0.1) is 18.8 Å². The van der Waals surface area contributed by atoms with Crippen molar-refractivity contribution >= 4 is 6.09 Å². The highest BCUT2D eigenvalue weighted by Crippen LogP contribution is 2.32. The Morgan fingerprint density at radius 1 is 1.26 bits per heavy atom. The average molecular weight is 327 g/mol. The second-order valence-electron chi connectivity index (χ2n) is 5.96. The molecule has 0 unspecified atom stereocenters. The first-order valence-electron chi connectivity index (χ1n) is 7.13. The molecule has 0 aliphatic rings. The lowest BCUT2D eigenvalue weighted by Crippen LogP contribution is -2.32. The quantitative estimate of drug-likeness (QED) is 0.650. The fourth-order valence-electron chi connectivity index (χ4n) is 1.78. The Balaban J connectivity index is 2.60. The maximum atomic E-state index is 12.8. The van der Waals surface area contributed by atoms with Gasteiger partial charge in [0.15, 0.2) is 0 Å². The molecular weight excluding hydrogens is 307 g/mol. The van der Waals surface area contributed by atoms with Gasteiger partial charge in [0.05, 0.1) is 5.56 Å². The Labute approximate surface area is 134 Å². The number of hydrogen-bond acceptors (Lipinski definition) is 2. The smallest absolute Gasteiger partial charge is 0.416 e. The van der Waals surface area contributed by atoms with Gasteiger partial charge in [-0.15, -0.1) is 0 Å². The first-order chi connectivity index (χ1) is 10.5. The Morgan fingerprint density at radius 2 is 1.91 bits per heavy atom. The molecule has 1 aromatic rings. The first-order valence-corrected chi connectivity index (χ1v) is 7.13. The largest absolute Gasteiger partial charge is 0.444 e. The molecule has 1 aromatic carbocycles. The molecule has 0 bridgehead atoms. The molecule has 0 saturated carbocycles. The van der Waals surface area contributed by atoms with Crippen LogP contribution in [0.2, 0.25) is 0 Å². The van der Waals surface area contributed by atoms with Gasteiger partial charge in [0.2, 0.25) is 0 Å². The lowest BCUT2D eigenvalue weighted by atomic mass is 10.0. The molecule has 0 aromatic heterocycles. The van der Waals surface area contributed by atoms with Gasteiger partial charge >= 0.3 is 12.3 Å². The van der Waals surface area contributed by atoms with E-state index in [1.165, 1.54) is 13.0 Å². The molecule has 1 N–H and O–H groups in total. The van der Waals surface area contributed by atoms with E-state index in [4.69, 9.17) is 4.74 Å². The van der Waals surface area contributed by atoms with Gasteiger partial charge in [-0.25, -0.2) is 4.79 Å². The monoisotopic (exact) mass is 327 g/mol. The molecule has 0 fully saturated rings. The third-order valence-corrected chi connectivity index (χ3v) is 2.78. The molecule has 3 nitrogen and oxygen atoms in total. The fraction of sp³-hybridized carbons (Fsp3) is 0.471. The Morgan fingerprint density at radius 3 is 2.48 bits per heavy atom. The van der Waals surface area contributed by atoms with Gasteiger partial charge in [-0.1, -0.05) is 17.9 Å². The van der Waals surface area contributed by atoms with Gasteiger partial charge in [-0.3, -0.25) is 0 Å². The number of alkyl halides is 3. The van der Waals surface area contributed by atoms with Crippen LogP contribution in [0.5, 0.6) is 0 Å². The zero-order valence-electron chi connectivity index (χ0n) is 13.6. The summed E-state index contributed by atoms with van der Waals surface area (Å²) in [7, 11) is 0. The molecular formula is C17H20F3NO2. The maximum absolute atomic E-state index is 12.8. The molecule has 0 aliphatic heterocycles. The molecule has 0 heterocycles. The van der Waals surface area contributed by atoms with Gasteiger partial charge < -0.3 is 10.1 Å². The SMILES string of the molecule is Cc1c(C#CCCNC(=O)OC(C)(C)C)cccc1C(F)(F)F. The van der Waals surface area contributed by atoms with Crippen LogP contribution in [0.4, 0.5) is 18.0 Å². The van der Waals surface area contributed by atoms with Crippen LogP contribution < -0.4 is 5.32 Å². The van der Waals surface area contributed by atoms with E-state index in [0.29, 0.717) is 12.0 Å². The lowest BCUT2D eigenvalue weighted by molar-refractivity contribution is -0.138. The van der Waals surface area contributed by atoms with E-state index in [-0.39, 0.29) is 12.1 Å². The number of ether oxygens (including phenoxy) is 1. The van der Waals surface area contributed by atoms with Crippen molar-refractivity contribution in [3.63, 3.8) is 0 Å². The number of halogens is 3. The van der Waals surface area contributed by atoms with Crippen LogP contribution in [-0.2, 0) is 10.9 Å². The number of amides is 1. The van der Waals surface area contributed by atoms with Crippen molar-refractivity contribution in [1.29, 1.82) is 0 Å². The van der Waals surface area contributed by atoms with E-state index in [1.807, 2.05) is 0 Å². The second-order valence-corrected chi connectivity index (χ2v) is 5.96. The van der Waals surface area contributed by atoms with Crippen LogP contribution in [0.15, 0.2) is 18.2 Å². The highest BCUT2D eigenvalue weighted by atomic mass is 19.4. The lowest BCUT2D eigenvalue weighted by Gasteiger charge is -2.19. The van der Waals surface area contributed by atoms with Crippen LogP contribution in [0.1, 0.15) is 43.9 Å². The van der Waals surface area contributed by atoms with E-state index >= 15 is 0 Å². The van der Waals surface area contributed by atoms with Crippen molar-refractivity contribution < 1.29 is 22.7 Å². The standard InChI is InChI=1S/C17H20F3NO2/c1-12-13(9-7-10-14(12)17(18,19)20)8-5-6-11-21-15(22)23-16(2,3)4/h7,9-10H,6,11H2,1-4H3,(H,21,22). The van der Waals surface area contributed by atoms with Crippen molar-refractivity contribution in [3.05, 3.63) is 34.9 Å². The number of benzene rings is 1. The topological polar surface area (TPSA) is 38.3 Å². The van der Waals surface area contributed by atoms with Crippen LogP contribution in [0.25, 0.3) is 0 Å². The highest BCUT2D eigenvalue weighted by molar-refractivity contribution is 5.67. The van der Waals surface area contributed by atoms with Gasteiger partial charge in [0, 0.05) is 18.5 Å². The number of hydrogen-bond donors (Lipinski definition) is 1. The van der Waals surface area contributed by atoms with Crippen molar-refractivity contribution in [2.45, 2.75) is 45.9 Å². The van der Waals surface area contributed by atoms with Crippen LogP contribution >= 0.6 is 0 Å². The highest BCUT2D eigenvalue weighted by Gasteiger charge is 2.32. The average Bonchev–Trinajstić information content (AvgIpc) is 2.36. The van der Waals surface area contributed by atoms with Crippen molar-refractivity contribution in [3.8, 4) is 11.8 Å². The molecule has 6 heteroatoms. The summed E-state index contributed by atoms with van der Waals surface area (Å²) in [6.45, 7) is 6.92. The van der Waals surface area contributed by atoms with Crippen molar-refractivity contribution in [1.82, 2.24) is 5.32 Å². The minimum Gasteiger partial charge on any atom is -0.444 e. The Bertz CT molecular complexity index is 619. The summed E-state index contributed by atoms with van der Waals surface area (Å²) in [4.78, 5) is 11.4. The van der Waals surface area contributed by atoms with E-state index in [1.54, 1.807) is 26.8 Å². The molecule has 0 atom stereocenters. The molecule has 23 heavy (non-hydrogen) atoms. The number of rotatable bonds is 2. The van der Waals surface area contributed by atoms with E-state index < -0.39 is 23.4 Å². The summed E-state index contributed by atoms with van der Waals surface area (Å²) < 4.78 is 43.4. The van der Waals surface area contributed by atoms with Crippen molar-refractivity contribution in [2.24, 2.45) is 0 Å². The van der Waals surface area contributed by atoms with Gasteiger partial charge in [0.1, 0.15) is 5.60 Å². The number of carbonyl (C=O) groups excluding carboxylic acids is 1. The third-order valence-electron chi connectivity index (χ3n) is 2.78. The van der Waals surface area contributed by atoms with Gasteiger partial charge in [-0.05, 0) is 45.4 Å². The summed E-state index contributed by atoms with van der Waals surface area (Å²) in [5.74, 6) is 5.46. The Kier molecular flexibility index (Phi) is 6.08. The Hall–Kier alpha value is -2.16. The maximum Gasteiger partial charge on any atom is 0.416 e. The molecule has 1 rings (SSSR count). The second kappa shape index (κ2) is 7.40. The zero-order valence-corrected chi connectivity index (χ0v) is 13.6. The summed E-state index contributed by atoms with van der Waals surface area (Å²) in [6.07, 6.45) is -4.62. The summed E-state index contributed by atoms with van der Waals surface area (Å²) in [6, 6.07) is 3.90. The fourth-order valence-corrected chi connectivity index (χ4v) is 1.78. The van der Waals surface area contributed by atoms with Gasteiger partial charge in [0.25, 0.3) is 0 Å². The number of nitrogens with one attached hydrogen (secondary N) is 1. The minimum absolute atomic E-state index is 0.104. The molecule has 0 spiro atoms. The predicted octanol–water partition coefficient (Wildman–Crippen LogP) is 4.28. The van der Waals surface area contributed by atoms with Crippen LogP contribution in [-0.4, -0.2) is 18.2 Å². The number of carbonyl (C=O) groups is 1. The summed E-state index contributed by atoms with van der Waals surface area (Å²) in [5, 5.41) is 2.53. The summed E-state index contributed by atoms with van der Waals surface area (Å²) in [5.41, 5.74) is -0.828. The van der Waals surface area contributed by atoms with Crippen molar-refractivity contribution in [2.75, 3.05) is 6.54 Å².